The van der Waals surface area contributed by atoms with Gasteiger partial charge in [-0.2, -0.15) is 8.42 Å². The third kappa shape index (κ3) is 3.48. The fraction of sp³-hybridized carbons (Fsp3) is 0.125. The number of halogens is 2. The van der Waals surface area contributed by atoms with Gasteiger partial charge in [0.25, 0.3) is 10.0 Å². The van der Waals surface area contributed by atoms with Crippen molar-refractivity contribution in [2.24, 2.45) is 4.40 Å². The molecule has 0 aromatic heterocycles. The number of amides is 1. The van der Waals surface area contributed by atoms with E-state index in [1.165, 1.54) is 23.1 Å². The smallest absolute Gasteiger partial charge is 0.285 e. The Morgan fingerprint density at radius 1 is 1.23 bits per heavy atom. The first-order chi connectivity index (χ1) is 12.2. The fourth-order valence-corrected chi connectivity index (χ4v) is 4.25. The SMILES string of the molecule is CN(CC(=O)Nc1cc(Cl)c(N)c(Cl)c1)C1=NS(=O)(=O)c2ccccc21. The van der Waals surface area contributed by atoms with Crippen molar-refractivity contribution in [1.29, 1.82) is 0 Å². The number of hydrogen-bond acceptors (Lipinski definition) is 5. The maximum atomic E-state index is 12.3. The van der Waals surface area contributed by atoms with Crippen LogP contribution in [0.4, 0.5) is 11.4 Å². The zero-order valence-electron chi connectivity index (χ0n) is 13.5. The van der Waals surface area contributed by atoms with Crippen LogP contribution in [0.25, 0.3) is 0 Å². The first-order valence-electron chi connectivity index (χ1n) is 7.39. The zero-order valence-corrected chi connectivity index (χ0v) is 15.9. The number of hydrogen-bond donors (Lipinski definition) is 2. The van der Waals surface area contributed by atoms with E-state index in [0.717, 1.165) is 0 Å². The van der Waals surface area contributed by atoms with Gasteiger partial charge in [0.15, 0.2) is 5.84 Å². The van der Waals surface area contributed by atoms with E-state index in [0.29, 0.717) is 11.3 Å². The number of amidine groups is 1. The molecule has 26 heavy (non-hydrogen) atoms. The van der Waals surface area contributed by atoms with Gasteiger partial charge >= 0.3 is 0 Å². The third-order valence-corrected chi connectivity index (χ3v) is 5.67. The minimum Gasteiger partial charge on any atom is -0.396 e. The Bertz CT molecular complexity index is 1010. The molecule has 136 valence electrons. The lowest BCUT2D eigenvalue weighted by Crippen LogP contribution is -2.34. The van der Waals surface area contributed by atoms with Crippen LogP contribution in [0.5, 0.6) is 0 Å². The molecule has 0 atom stereocenters. The predicted molar refractivity (Wildman–Crippen MR) is 102 cm³/mol. The van der Waals surface area contributed by atoms with Gasteiger partial charge in [-0.15, -0.1) is 4.40 Å². The Balaban J connectivity index is 1.77. The molecule has 0 radical (unpaired) electrons. The first kappa shape index (κ1) is 18.5. The van der Waals surface area contributed by atoms with Crippen molar-refractivity contribution < 1.29 is 13.2 Å². The number of nitrogens with zero attached hydrogens (tertiary/aromatic N) is 2. The highest BCUT2D eigenvalue weighted by molar-refractivity contribution is 7.90. The summed E-state index contributed by atoms with van der Waals surface area (Å²) in [6.07, 6.45) is 0. The van der Waals surface area contributed by atoms with E-state index in [4.69, 9.17) is 28.9 Å². The van der Waals surface area contributed by atoms with Crippen LogP contribution in [0.15, 0.2) is 45.7 Å². The van der Waals surface area contributed by atoms with Gasteiger partial charge in [-0.25, -0.2) is 0 Å². The summed E-state index contributed by atoms with van der Waals surface area (Å²) in [5.41, 5.74) is 6.73. The van der Waals surface area contributed by atoms with Gasteiger partial charge in [-0.05, 0) is 24.3 Å². The second-order valence-electron chi connectivity index (χ2n) is 5.64. The number of anilines is 2. The van der Waals surface area contributed by atoms with Crippen LogP contribution in [-0.2, 0) is 14.8 Å². The van der Waals surface area contributed by atoms with E-state index >= 15 is 0 Å². The van der Waals surface area contributed by atoms with Crippen LogP contribution >= 0.6 is 23.2 Å². The molecule has 1 aliphatic heterocycles. The van der Waals surface area contributed by atoms with E-state index in [9.17, 15) is 13.2 Å². The average molecular weight is 413 g/mol. The topological polar surface area (TPSA) is 105 Å². The molecule has 2 aromatic carbocycles. The summed E-state index contributed by atoms with van der Waals surface area (Å²) < 4.78 is 28.0. The lowest BCUT2D eigenvalue weighted by Gasteiger charge is -2.18. The summed E-state index contributed by atoms with van der Waals surface area (Å²) in [6, 6.07) is 9.42. The van der Waals surface area contributed by atoms with Crippen LogP contribution in [-0.4, -0.2) is 38.7 Å². The third-order valence-electron chi connectivity index (χ3n) is 3.72. The predicted octanol–water partition coefficient (Wildman–Crippen LogP) is 2.60. The Hall–Kier alpha value is -2.29. The number of nitrogens with one attached hydrogen (secondary N) is 1. The summed E-state index contributed by atoms with van der Waals surface area (Å²) in [7, 11) is -2.16. The standard InChI is InChI=1S/C16H14Cl2N4O3S/c1-22(16-10-4-2-3-5-13(10)26(24,25)21-16)8-14(23)20-9-6-11(17)15(19)12(18)7-9/h2-7H,8,19H2,1H3,(H,20,23). The molecule has 1 aliphatic rings. The van der Waals surface area contributed by atoms with E-state index in [1.54, 1.807) is 25.2 Å². The summed E-state index contributed by atoms with van der Waals surface area (Å²) >= 11 is 11.9. The van der Waals surface area contributed by atoms with Gasteiger partial charge in [-0.3, -0.25) is 4.79 Å². The molecule has 0 spiro atoms. The Labute approximate surface area is 160 Å². The van der Waals surface area contributed by atoms with Gasteiger partial charge in [0.05, 0.1) is 22.3 Å². The Morgan fingerprint density at radius 2 is 1.85 bits per heavy atom. The monoisotopic (exact) mass is 412 g/mol. The quantitative estimate of drug-likeness (QED) is 0.753. The highest BCUT2D eigenvalue weighted by atomic mass is 35.5. The van der Waals surface area contributed by atoms with Crippen molar-refractivity contribution in [3.05, 3.63) is 52.0 Å². The van der Waals surface area contributed by atoms with Crippen molar-refractivity contribution in [1.82, 2.24) is 4.90 Å². The molecular formula is C16H14Cl2N4O3S. The normalized spacial score (nSPS) is 14.5. The largest absolute Gasteiger partial charge is 0.396 e. The van der Waals surface area contributed by atoms with Crippen molar-refractivity contribution in [3.63, 3.8) is 0 Å². The molecule has 0 aliphatic carbocycles. The van der Waals surface area contributed by atoms with Crippen molar-refractivity contribution in [2.75, 3.05) is 24.6 Å². The first-order valence-corrected chi connectivity index (χ1v) is 9.58. The van der Waals surface area contributed by atoms with Crippen LogP contribution in [0.2, 0.25) is 10.0 Å². The minimum absolute atomic E-state index is 0.123. The molecule has 10 heteroatoms. The lowest BCUT2D eigenvalue weighted by atomic mass is 10.2. The Morgan fingerprint density at radius 3 is 2.50 bits per heavy atom. The molecular weight excluding hydrogens is 399 g/mol. The molecule has 0 saturated carbocycles. The molecule has 3 N–H and O–H groups in total. The summed E-state index contributed by atoms with van der Waals surface area (Å²) in [5.74, 6) is -0.182. The second-order valence-corrected chi connectivity index (χ2v) is 8.03. The minimum atomic E-state index is -3.74. The van der Waals surface area contributed by atoms with E-state index < -0.39 is 15.9 Å². The van der Waals surface area contributed by atoms with E-state index in [1.807, 2.05) is 0 Å². The lowest BCUT2D eigenvalue weighted by molar-refractivity contribution is -0.116. The molecule has 0 unspecified atom stereocenters. The number of fused-ring (bicyclic) bond motifs is 1. The van der Waals surface area contributed by atoms with E-state index in [-0.39, 0.29) is 33.0 Å². The highest BCUT2D eigenvalue weighted by Crippen LogP contribution is 2.31. The van der Waals surface area contributed by atoms with Gasteiger partial charge in [-0.1, -0.05) is 35.3 Å². The van der Waals surface area contributed by atoms with Gasteiger partial charge in [0.2, 0.25) is 5.91 Å². The number of rotatable bonds is 3. The second kappa shape index (κ2) is 6.79. The number of nitrogens with two attached hydrogens (primary N) is 1. The van der Waals surface area contributed by atoms with Crippen LogP contribution in [0.1, 0.15) is 5.56 Å². The van der Waals surface area contributed by atoms with Crippen LogP contribution < -0.4 is 11.1 Å². The number of nitrogen functional groups attached to an aromatic ring is 1. The molecule has 1 amide bonds. The van der Waals surface area contributed by atoms with Crippen molar-refractivity contribution >= 4 is 56.3 Å². The van der Waals surface area contributed by atoms with Crippen molar-refractivity contribution in [3.8, 4) is 0 Å². The molecule has 1 heterocycles. The van der Waals surface area contributed by atoms with Crippen LogP contribution in [0.3, 0.4) is 0 Å². The number of sulfonamides is 1. The molecule has 0 saturated heterocycles. The van der Waals surface area contributed by atoms with Gasteiger partial charge in [0.1, 0.15) is 4.90 Å². The maximum Gasteiger partial charge on any atom is 0.285 e. The Kier molecular flexibility index (Phi) is 4.83. The van der Waals surface area contributed by atoms with Gasteiger partial charge < -0.3 is 16.0 Å². The zero-order chi connectivity index (χ0) is 19.1. The fourth-order valence-electron chi connectivity index (χ4n) is 2.51. The molecule has 0 fully saturated rings. The molecule has 3 rings (SSSR count). The van der Waals surface area contributed by atoms with Crippen molar-refractivity contribution in [2.45, 2.75) is 4.90 Å². The summed E-state index contributed by atoms with van der Waals surface area (Å²) in [6.45, 7) is -0.123. The average Bonchev–Trinajstić information content (AvgIpc) is 2.84. The molecule has 2 aromatic rings. The van der Waals surface area contributed by atoms with E-state index in [2.05, 4.69) is 9.71 Å². The highest BCUT2D eigenvalue weighted by Gasteiger charge is 2.30. The molecule has 7 nitrogen and oxygen atoms in total. The number of carbonyl (C=O) groups excluding carboxylic acids is 1. The number of carbonyl (C=O) groups is 1. The van der Waals surface area contributed by atoms with Crippen LogP contribution in [0, 0.1) is 0 Å². The molecule has 0 bridgehead atoms. The maximum absolute atomic E-state index is 12.3. The number of likely N-dealkylation sites (N-methyl/N-ethyl adjacent to an activating group) is 1. The summed E-state index contributed by atoms with van der Waals surface area (Å²) in [4.78, 5) is 13.9. The number of benzene rings is 2. The summed E-state index contributed by atoms with van der Waals surface area (Å²) in [5, 5.41) is 3.09. The van der Waals surface area contributed by atoms with Gasteiger partial charge in [0, 0.05) is 18.3 Å².